The second kappa shape index (κ2) is 11.0. The predicted octanol–water partition coefficient (Wildman–Crippen LogP) is 9.24. The van der Waals surface area contributed by atoms with Gasteiger partial charge in [0.1, 0.15) is 0 Å². The van der Waals surface area contributed by atoms with E-state index in [1.165, 1.54) is 51.8 Å². The third-order valence-corrected chi connectivity index (χ3v) is 8.79. The lowest BCUT2D eigenvalue weighted by Crippen LogP contribution is -2.19. The Labute approximate surface area is 237 Å². The fraction of sp³-hybridized carbons (Fsp3) is 0.306. The zero-order valence-electron chi connectivity index (χ0n) is 22.7. The van der Waals surface area contributed by atoms with Crippen LogP contribution in [0.3, 0.4) is 0 Å². The van der Waals surface area contributed by atoms with Crippen molar-refractivity contribution >= 4 is 17.6 Å². The molecule has 0 bridgehead atoms. The van der Waals surface area contributed by atoms with E-state index in [2.05, 4.69) is 66.7 Å². The predicted molar refractivity (Wildman–Crippen MR) is 159 cm³/mol. The van der Waals surface area contributed by atoms with Gasteiger partial charge in [0.15, 0.2) is 0 Å². The topological polar surface area (TPSA) is 26.3 Å². The van der Waals surface area contributed by atoms with E-state index in [0.29, 0.717) is 23.3 Å². The Hall–Kier alpha value is -3.36. The van der Waals surface area contributed by atoms with Gasteiger partial charge in [-0.2, -0.15) is 0 Å². The van der Waals surface area contributed by atoms with Gasteiger partial charge in [0.2, 0.25) is 0 Å². The minimum absolute atomic E-state index is 0.126. The molecule has 0 N–H and O–H groups in total. The van der Waals surface area contributed by atoms with Gasteiger partial charge < -0.3 is 4.74 Å². The molecule has 2 nitrogen and oxygen atoms in total. The third-order valence-electron chi connectivity index (χ3n) is 8.54. The monoisotopic (exact) mass is 534 g/mol. The molecule has 6 rings (SSSR count). The number of hydrogen-bond donors (Lipinski definition) is 0. The van der Waals surface area contributed by atoms with Crippen molar-refractivity contribution < 1.29 is 9.53 Å². The number of fused-ring (bicyclic) bond motifs is 2. The van der Waals surface area contributed by atoms with Crippen molar-refractivity contribution in [3.8, 4) is 0 Å². The van der Waals surface area contributed by atoms with E-state index in [4.69, 9.17) is 16.3 Å². The molecule has 3 heteroatoms. The molecule has 0 saturated heterocycles. The van der Waals surface area contributed by atoms with E-state index in [-0.39, 0.29) is 12.1 Å². The number of aryl methyl sites for hydroxylation is 1. The standard InChI is InChI=1S/C36H35ClO2/c1-23(2)39-36(38)27-13-10-26(11-14-27)35-22-30(20-29-6-3-4-8-33(29)35)28-15-12-24-7-5-9-32(34(24)21-28)25-16-18-31(37)19-17-25/h3-4,6,8,10-19,21,23,30,32,35H,5,7,9,20,22H2,1-2H3. The summed E-state index contributed by atoms with van der Waals surface area (Å²) in [6.45, 7) is 3.76. The quantitative estimate of drug-likeness (QED) is 0.238. The molecular formula is C36H35ClO2. The van der Waals surface area contributed by atoms with Crippen molar-refractivity contribution in [2.24, 2.45) is 0 Å². The van der Waals surface area contributed by atoms with Crippen molar-refractivity contribution in [2.75, 3.05) is 0 Å². The van der Waals surface area contributed by atoms with E-state index < -0.39 is 0 Å². The second-order valence-electron chi connectivity index (χ2n) is 11.4. The van der Waals surface area contributed by atoms with Gasteiger partial charge in [0.05, 0.1) is 11.7 Å². The summed E-state index contributed by atoms with van der Waals surface area (Å²) >= 11 is 6.20. The molecular weight excluding hydrogens is 500 g/mol. The molecule has 0 aromatic heterocycles. The Morgan fingerprint density at radius 1 is 0.795 bits per heavy atom. The molecule has 0 spiro atoms. The number of ether oxygens (including phenoxy) is 1. The summed E-state index contributed by atoms with van der Waals surface area (Å²) in [6, 6.07) is 32.6. The number of halogens is 1. The summed E-state index contributed by atoms with van der Waals surface area (Å²) in [4.78, 5) is 12.4. The third kappa shape index (κ3) is 5.40. The van der Waals surface area contributed by atoms with Crippen LogP contribution in [0.4, 0.5) is 0 Å². The first kappa shape index (κ1) is 25.9. The molecule has 39 heavy (non-hydrogen) atoms. The molecule has 2 aliphatic rings. The highest BCUT2D eigenvalue weighted by Gasteiger charge is 2.30. The van der Waals surface area contributed by atoms with Gasteiger partial charge >= 0.3 is 5.97 Å². The van der Waals surface area contributed by atoms with Crippen molar-refractivity contribution in [3.05, 3.63) is 141 Å². The van der Waals surface area contributed by atoms with Crippen LogP contribution in [0.15, 0.2) is 91.0 Å². The Morgan fingerprint density at radius 2 is 1.49 bits per heavy atom. The minimum Gasteiger partial charge on any atom is -0.459 e. The average Bonchev–Trinajstić information content (AvgIpc) is 2.96. The van der Waals surface area contributed by atoms with Crippen molar-refractivity contribution in [1.82, 2.24) is 0 Å². The molecule has 0 aliphatic heterocycles. The zero-order valence-corrected chi connectivity index (χ0v) is 23.5. The number of benzene rings is 4. The van der Waals surface area contributed by atoms with Gasteiger partial charge in [-0.1, -0.05) is 78.3 Å². The van der Waals surface area contributed by atoms with Gasteiger partial charge in [-0.05, 0) is 115 Å². The van der Waals surface area contributed by atoms with Crippen LogP contribution in [0.2, 0.25) is 5.02 Å². The molecule has 3 unspecified atom stereocenters. The maximum absolute atomic E-state index is 12.4. The fourth-order valence-corrected chi connectivity index (χ4v) is 6.76. The first-order valence-electron chi connectivity index (χ1n) is 14.2. The summed E-state index contributed by atoms with van der Waals surface area (Å²) in [7, 11) is 0. The smallest absolute Gasteiger partial charge is 0.338 e. The Balaban J connectivity index is 1.32. The van der Waals surface area contributed by atoms with Crippen LogP contribution in [-0.2, 0) is 17.6 Å². The molecule has 0 heterocycles. The molecule has 4 aromatic carbocycles. The molecule has 0 fully saturated rings. The Bertz CT molecular complexity index is 1470. The molecule has 198 valence electrons. The number of esters is 1. The Kier molecular flexibility index (Phi) is 7.32. The Morgan fingerprint density at radius 3 is 2.26 bits per heavy atom. The van der Waals surface area contributed by atoms with E-state index in [1.807, 2.05) is 38.1 Å². The van der Waals surface area contributed by atoms with Crippen molar-refractivity contribution in [2.45, 2.75) is 69.8 Å². The minimum atomic E-state index is -0.261. The lowest BCUT2D eigenvalue weighted by atomic mass is 9.70. The van der Waals surface area contributed by atoms with E-state index in [0.717, 1.165) is 24.3 Å². The summed E-state index contributed by atoms with van der Waals surface area (Å²) in [6.07, 6.45) is 5.53. The number of rotatable bonds is 5. The van der Waals surface area contributed by atoms with Crippen LogP contribution >= 0.6 is 11.6 Å². The first-order valence-corrected chi connectivity index (χ1v) is 14.6. The number of carbonyl (C=O) groups excluding carboxylic acids is 1. The number of carbonyl (C=O) groups is 1. The molecule has 3 atom stereocenters. The van der Waals surface area contributed by atoms with Crippen LogP contribution in [-0.4, -0.2) is 12.1 Å². The summed E-state index contributed by atoms with van der Waals surface area (Å²) in [5, 5.41) is 0.792. The first-order chi connectivity index (χ1) is 19.0. The van der Waals surface area contributed by atoms with Gasteiger partial charge in [0, 0.05) is 16.9 Å². The van der Waals surface area contributed by atoms with Gasteiger partial charge in [-0.3, -0.25) is 0 Å². The molecule has 0 amide bonds. The molecule has 4 aromatic rings. The zero-order chi connectivity index (χ0) is 26.9. The highest BCUT2D eigenvalue weighted by atomic mass is 35.5. The molecule has 0 radical (unpaired) electrons. The number of hydrogen-bond acceptors (Lipinski definition) is 2. The van der Waals surface area contributed by atoms with Gasteiger partial charge in [0.25, 0.3) is 0 Å². The highest BCUT2D eigenvalue weighted by molar-refractivity contribution is 6.30. The fourth-order valence-electron chi connectivity index (χ4n) is 6.64. The summed E-state index contributed by atoms with van der Waals surface area (Å²) in [5.41, 5.74) is 10.5. The van der Waals surface area contributed by atoms with Crippen LogP contribution < -0.4 is 0 Å². The van der Waals surface area contributed by atoms with Crippen LogP contribution in [0.5, 0.6) is 0 Å². The highest BCUT2D eigenvalue weighted by Crippen LogP contribution is 2.45. The van der Waals surface area contributed by atoms with E-state index in [9.17, 15) is 4.79 Å². The summed E-state index contributed by atoms with van der Waals surface area (Å²) in [5.74, 6) is 0.894. The van der Waals surface area contributed by atoms with Crippen LogP contribution in [0.25, 0.3) is 0 Å². The van der Waals surface area contributed by atoms with E-state index >= 15 is 0 Å². The van der Waals surface area contributed by atoms with Crippen molar-refractivity contribution in [1.29, 1.82) is 0 Å². The maximum Gasteiger partial charge on any atom is 0.338 e. The maximum atomic E-state index is 12.4. The average molecular weight is 535 g/mol. The van der Waals surface area contributed by atoms with E-state index in [1.54, 1.807) is 0 Å². The van der Waals surface area contributed by atoms with Crippen LogP contribution in [0, 0.1) is 0 Å². The van der Waals surface area contributed by atoms with Crippen LogP contribution in [0.1, 0.15) is 100 Å². The normalized spacial score (nSPS) is 20.3. The second-order valence-corrected chi connectivity index (χ2v) is 11.9. The SMILES string of the molecule is CC(C)OC(=O)c1ccc(C2CC(c3ccc4c(c3)C(c3ccc(Cl)cc3)CCC4)Cc3ccccc32)cc1. The summed E-state index contributed by atoms with van der Waals surface area (Å²) < 4.78 is 5.40. The van der Waals surface area contributed by atoms with Gasteiger partial charge in [-0.25, -0.2) is 4.79 Å². The largest absolute Gasteiger partial charge is 0.459 e. The van der Waals surface area contributed by atoms with Gasteiger partial charge in [-0.15, -0.1) is 0 Å². The molecule has 0 saturated carbocycles. The van der Waals surface area contributed by atoms with Crippen molar-refractivity contribution in [3.63, 3.8) is 0 Å². The molecule has 2 aliphatic carbocycles. The lowest BCUT2D eigenvalue weighted by Gasteiger charge is -2.34. The lowest BCUT2D eigenvalue weighted by molar-refractivity contribution is 0.0378.